The van der Waals surface area contributed by atoms with Crippen molar-refractivity contribution >= 4 is 17.3 Å². The molecular weight excluding hydrogens is 314 g/mol. The van der Waals surface area contributed by atoms with E-state index in [4.69, 9.17) is 4.74 Å². The van der Waals surface area contributed by atoms with Crippen LogP contribution in [0.3, 0.4) is 0 Å². The van der Waals surface area contributed by atoms with Gasteiger partial charge in [0.1, 0.15) is 11.6 Å². The molecule has 0 amide bonds. The maximum Gasteiger partial charge on any atom is 0.163 e. The van der Waals surface area contributed by atoms with Crippen LogP contribution in [0, 0.1) is 0 Å². The van der Waals surface area contributed by atoms with Crippen LogP contribution in [0.5, 0.6) is 0 Å². The first kappa shape index (κ1) is 16.9. The van der Waals surface area contributed by atoms with Gasteiger partial charge in [0.05, 0.1) is 0 Å². The molecule has 0 aliphatic rings. The Morgan fingerprint density at radius 2 is 1.72 bits per heavy atom. The van der Waals surface area contributed by atoms with Gasteiger partial charge in [0, 0.05) is 50.0 Å². The largest absolute Gasteiger partial charge is 0.385 e. The van der Waals surface area contributed by atoms with Crippen molar-refractivity contribution < 1.29 is 4.74 Å². The Labute approximate surface area is 147 Å². The van der Waals surface area contributed by atoms with Crippen LogP contribution in [0.1, 0.15) is 6.42 Å². The van der Waals surface area contributed by atoms with Crippen LogP contribution in [0.15, 0.2) is 60.9 Å². The highest BCUT2D eigenvalue weighted by molar-refractivity contribution is 5.64. The summed E-state index contributed by atoms with van der Waals surface area (Å²) in [6, 6.07) is 15.6. The standard InChI is InChI=1S/C19H21N5O/c1-25-13-5-10-21-17-14-18(22-16-8-11-20-12-9-16)24-19(23-17)15-6-3-2-4-7-15/h2-4,6-9,11-12,14H,5,10,13H2,1H3,(H2,20,21,22,23,24). The van der Waals surface area contributed by atoms with Crippen molar-refractivity contribution in [1.29, 1.82) is 0 Å². The molecule has 2 aromatic heterocycles. The molecule has 0 spiro atoms. The first-order valence-electron chi connectivity index (χ1n) is 8.19. The predicted molar refractivity (Wildman–Crippen MR) is 100.0 cm³/mol. The number of hydrogen-bond donors (Lipinski definition) is 2. The monoisotopic (exact) mass is 335 g/mol. The molecule has 3 rings (SSSR count). The topological polar surface area (TPSA) is 72.0 Å². The molecule has 0 aliphatic carbocycles. The van der Waals surface area contributed by atoms with Crippen molar-refractivity contribution in [3.05, 3.63) is 60.9 Å². The van der Waals surface area contributed by atoms with Crippen molar-refractivity contribution in [1.82, 2.24) is 15.0 Å². The number of benzene rings is 1. The molecule has 3 aromatic rings. The van der Waals surface area contributed by atoms with Gasteiger partial charge in [-0.05, 0) is 18.6 Å². The summed E-state index contributed by atoms with van der Waals surface area (Å²) in [5, 5.41) is 6.63. The predicted octanol–water partition coefficient (Wildman–Crippen LogP) is 3.73. The number of rotatable bonds is 8. The van der Waals surface area contributed by atoms with E-state index in [0.717, 1.165) is 35.9 Å². The second kappa shape index (κ2) is 8.75. The zero-order valence-corrected chi connectivity index (χ0v) is 14.1. The second-order valence-electron chi connectivity index (χ2n) is 5.46. The molecule has 6 heteroatoms. The smallest absolute Gasteiger partial charge is 0.163 e. The molecule has 0 radical (unpaired) electrons. The third-order valence-corrected chi connectivity index (χ3v) is 3.54. The van der Waals surface area contributed by atoms with Crippen molar-refractivity contribution in [2.45, 2.75) is 6.42 Å². The number of ether oxygens (including phenoxy) is 1. The van der Waals surface area contributed by atoms with Gasteiger partial charge in [-0.2, -0.15) is 0 Å². The molecule has 2 heterocycles. The van der Waals surface area contributed by atoms with Gasteiger partial charge in [-0.1, -0.05) is 30.3 Å². The molecule has 6 nitrogen and oxygen atoms in total. The number of pyridine rings is 1. The quantitative estimate of drug-likeness (QED) is 0.611. The van der Waals surface area contributed by atoms with E-state index >= 15 is 0 Å². The van der Waals surface area contributed by atoms with Gasteiger partial charge in [-0.15, -0.1) is 0 Å². The minimum Gasteiger partial charge on any atom is -0.385 e. The fourth-order valence-corrected chi connectivity index (χ4v) is 2.33. The van der Waals surface area contributed by atoms with Gasteiger partial charge in [0.25, 0.3) is 0 Å². The highest BCUT2D eigenvalue weighted by Gasteiger charge is 2.07. The maximum atomic E-state index is 5.08. The summed E-state index contributed by atoms with van der Waals surface area (Å²) in [5.41, 5.74) is 1.90. The van der Waals surface area contributed by atoms with E-state index in [0.29, 0.717) is 12.4 Å². The summed E-state index contributed by atoms with van der Waals surface area (Å²) in [5.74, 6) is 2.18. The molecule has 0 saturated heterocycles. The van der Waals surface area contributed by atoms with E-state index in [1.807, 2.05) is 48.5 Å². The van der Waals surface area contributed by atoms with Crippen molar-refractivity contribution in [2.24, 2.45) is 0 Å². The van der Waals surface area contributed by atoms with Crippen LogP contribution in [-0.4, -0.2) is 35.2 Å². The summed E-state index contributed by atoms with van der Waals surface area (Å²) >= 11 is 0. The van der Waals surface area contributed by atoms with Crippen molar-refractivity contribution in [3.8, 4) is 11.4 Å². The molecule has 0 unspecified atom stereocenters. The van der Waals surface area contributed by atoms with Crippen LogP contribution >= 0.6 is 0 Å². The lowest BCUT2D eigenvalue weighted by atomic mass is 10.2. The summed E-state index contributed by atoms with van der Waals surface area (Å²) < 4.78 is 5.08. The van der Waals surface area contributed by atoms with Crippen LogP contribution in [-0.2, 0) is 4.74 Å². The van der Waals surface area contributed by atoms with Crippen LogP contribution < -0.4 is 10.6 Å². The Hall–Kier alpha value is -2.99. The highest BCUT2D eigenvalue weighted by Crippen LogP contribution is 2.22. The van der Waals surface area contributed by atoms with Gasteiger partial charge in [-0.25, -0.2) is 9.97 Å². The Bertz CT molecular complexity index is 780. The van der Waals surface area contributed by atoms with Gasteiger partial charge < -0.3 is 15.4 Å². The number of anilines is 3. The summed E-state index contributed by atoms with van der Waals surface area (Å²) in [6.45, 7) is 1.50. The highest BCUT2D eigenvalue weighted by atomic mass is 16.5. The lowest BCUT2D eigenvalue weighted by Gasteiger charge is -2.11. The molecule has 1 aromatic carbocycles. The van der Waals surface area contributed by atoms with E-state index < -0.39 is 0 Å². The molecule has 128 valence electrons. The second-order valence-corrected chi connectivity index (χ2v) is 5.46. The van der Waals surface area contributed by atoms with E-state index in [2.05, 4.69) is 25.6 Å². The van der Waals surface area contributed by atoms with Gasteiger partial charge in [-0.3, -0.25) is 4.98 Å². The van der Waals surface area contributed by atoms with Crippen LogP contribution in [0.4, 0.5) is 17.3 Å². The third-order valence-electron chi connectivity index (χ3n) is 3.54. The number of methoxy groups -OCH3 is 1. The van der Waals surface area contributed by atoms with Crippen molar-refractivity contribution in [2.75, 3.05) is 30.9 Å². The Morgan fingerprint density at radius 1 is 0.960 bits per heavy atom. The third kappa shape index (κ3) is 4.99. The SMILES string of the molecule is COCCCNc1cc(Nc2ccncc2)nc(-c2ccccc2)n1. The van der Waals surface area contributed by atoms with E-state index in [1.54, 1.807) is 19.5 Å². The van der Waals surface area contributed by atoms with Gasteiger partial charge in [0.2, 0.25) is 0 Å². The molecule has 0 aliphatic heterocycles. The Morgan fingerprint density at radius 3 is 2.48 bits per heavy atom. The van der Waals surface area contributed by atoms with Crippen LogP contribution in [0.25, 0.3) is 11.4 Å². The Kier molecular flexibility index (Phi) is 5.90. The molecule has 2 N–H and O–H groups in total. The summed E-state index contributed by atoms with van der Waals surface area (Å²) in [6.07, 6.45) is 4.39. The van der Waals surface area contributed by atoms with E-state index in [9.17, 15) is 0 Å². The first-order chi connectivity index (χ1) is 12.3. The molecule has 0 bridgehead atoms. The zero-order valence-electron chi connectivity index (χ0n) is 14.1. The van der Waals surface area contributed by atoms with Crippen molar-refractivity contribution in [3.63, 3.8) is 0 Å². The number of nitrogens with zero attached hydrogens (tertiary/aromatic N) is 3. The molecule has 25 heavy (non-hydrogen) atoms. The van der Waals surface area contributed by atoms with Crippen LogP contribution in [0.2, 0.25) is 0 Å². The molecule has 0 fully saturated rings. The van der Waals surface area contributed by atoms with E-state index in [1.165, 1.54) is 0 Å². The normalized spacial score (nSPS) is 10.4. The first-order valence-corrected chi connectivity index (χ1v) is 8.19. The molecular formula is C19H21N5O. The number of aromatic nitrogens is 3. The zero-order chi connectivity index (χ0) is 17.3. The fraction of sp³-hybridized carbons (Fsp3) is 0.211. The summed E-state index contributed by atoms with van der Waals surface area (Å²) in [7, 11) is 1.70. The lowest BCUT2D eigenvalue weighted by Crippen LogP contribution is -2.08. The number of nitrogens with one attached hydrogen (secondary N) is 2. The minimum atomic E-state index is 0.675. The van der Waals surface area contributed by atoms with E-state index in [-0.39, 0.29) is 0 Å². The minimum absolute atomic E-state index is 0.675. The fourth-order valence-electron chi connectivity index (χ4n) is 2.33. The molecule has 0 atom stereocenters. The Balaban J connectivity index is 1.85. The number of hydrogen-bond acceptors (Lipinski definition) is 6. The van der Waals surface area contributed by atoms with Gasteiger partial charge in [0.15, 0.2) is 5.82 Å². The maximum absolute atomic E-state index is 5.08. The average molecular weight is 335 g/mol. The van der Waals surface area contributed by atoms with Gasteiger partial charge >= 0.3 is 0 Å². The lowest BCUT2D eigenvalue weighted by molar-refractivity contribution is 0.198. The molecule has 0 saturated carbocycles. The summed E-state index contributed by atoms with van der Waals surface area (Å²) in [4.78, 5) is 13.3. The average Bonchev–Trinajstić information content (AvgIpc) is 2.67.